The molecule has 0 aliphatic carbocycles. The number of aliphatic carboxylic acids is 1. The number of aliphatic hydroxyl groups is 1. The summed E-state index contributed by atoms with van der Waals surface area (Å²) in [7, 11) is 0. The van der Waals surface area contributed by atoms with E-state index in [2.05, 4.69) is 9.97 Å². The first-order valence-electron chi connectivity index (χ1n) is 5.02. The first-order chi connectivity index (χ1) is 8.13. The summed E-state index contributed by atoms with van der Waals surface area (Å²) in [6.45, 7) is 0.143. The molecule has 7 heteroatoms. The zero-order valence-electron chi connectivity index (χ0n) is 8.82. The van der Waals surface area contributed by atoms with Crippen molar-refractivity contribution in [2.75, 3.05) is 11.4 Å². The van der Waals surface area contributed by atoms with Crippen LogP contribution in [-0.4, -0.2) is 44.8 Å². The van der Waals surface area contributed by atoms with Gasteiger partial charge in [-0.2, -0.15) is 5.26 Å². The van der Waals surface area contributed by atoms with Gasteiger partial charge in [0.25, 0.3) is 0 Å². The molecule has 1 fully saturated rings. The molecule has 0 saturated carbocycles. The zero-order valence-corrected chi connectivity index (χ0v) is 8.82. The van der Waals surface area contributed by atoms with Crippen molar-refractivity contribution < 1.29 is 15.0 Å². The first-order valence-corrected chi connectivity index (χ1v) is 5.02. The average Bonchev–Trinajstić information content (AvgIpc) is 2.71. The fourth-order valence-electron chi connectivity index (χ4n) is 1.90. The number of hydrogen-bond donors (Lipinski definition) is 2. The maximum Gasteiger partial charge on any atom is 0.326 e. The van der Waals surface area contributed by atoms with Gasteiger partial charge in [0.2, 0.25) is 0 Å². The predicted molar refractivity (Wildman–Crippen MR) is 56.1 cm³/mol. The molecule has 1 aromatic rings. The van der Waals surface area contributed by atoms with Gasteiger partial charge in [-0.15, -0.1) is 0 Å². The minimum absolute atomic E-state index is 0.0628. The Hall–Kier alpha value is -2.20. The van der Waals surface area contributed by atoms with E-state index in [-0.39, 0.29) is 24.5 Å². The van der Waals surface area contributed by atoms with Gasteiger partial charge < -0.3 is 15.1 Å². The minimum Gasteiger partial charge on any atom is -0.480 e. The van der Waals surface area contributed by atoms with Crippen molar-refractivity contribution in [3.8, 4) is 6.07 Å². The van der Waals surface area contributed by atoms with E-state index >= 15 is 0 Å². The van der Waals surface area contributed by atoms with Crippen LogP contribution in [0, 0.1) is 11.3 Å². The summed E-state index contributed by atoms with van der Waals surface area (Å²) < 4.78 is 0. The van der Waals surface area contributed by atoms with E-state index in [0.29, 0.717) is 0 Å². The molecule has 1 aliphatic heterocycles. The van der Waals surface area contributed by atoms with Crippen LogP contribution in [0.5, 0.6) is 0 Å². The number of hydrogen-bond acceptors (Lipinski definition) is 6. The molecule has 0 spiro atoms. The lowest BCUT2D eigenvalue weighted by atomic mass is 10.2. The summed E-state index contributed by atoms with van der Waals surface area (Å²) in [6, 6.07) is 0.990. The lowest BCUT2D eigenvalue weighted by molar-refractivity contribution is -0.138. The number of anilines is 1. The molecule has 2 N–H and O–H groups in total. The van der Waals surface area contributed by atoms with Gasteiger partial charge in [-0.3, -0.25) is 0 Å². The van der Waals surface area contributed by atoms with E-state index in [0.717, 1.165) is 0 Å². The van der Waals surface area contributed by atoms with E-state index in [1.165, 1.54) is 17.3 Å². The molecule has 2 rings (SSSR count). The van der Waals surface area contributed by atoms with Crippen LogP contribution in [-0.2, 0) is 4.79 Å². The van der Waals surface area contributed by atoms with Gasteiger partial charge in [0.05, 0.1) is 6.10 Å². The van der Waals surface area contributed by atoms with Gasteiger partial charge in [-0.1, -0.05) is 0 Å². The van der Waals surface area contributed by atoms with Crippen LogP contribution in [0.25, 0.3) is 0 Å². The van der Waals surface area contributed by atoms with E-state index in [9.17, 15) is 9.90 Å². The molecule has 0 amide bonds. The van der Waals surface area contributed by atoms with Crippen molar-refractivity contribution in [1.82, 2.24) is 9.97 Å². The van der Waals surface area contributed by atoms with Gasteiger partial charge in [0.1, 0.15) is 12.1 Å². The van der Waals surface area contributed by atoms with Crippen LogP contribution in [0.2, 0.25) is 0 Å². The molecule has 2 heterocycles. The summed E-state index contributed by atoms with van der Waals surface area (Å²) in [5.41, 5.74) is 0.0628. The summed E-state index contributed by atoms with van der Waals surface area (Å²) in [6.07, 6.45) is 2.14. The molecular formula is C10H10N4O3. The van der Waals surface area contributed by atoms with Crippen molar-refractivity contribution in [2.45, 2.75) is 18.6 Å². The highest BCUT2D eigenvalue weighted by atomic mass is 16.4. The molecule has 2 unspecified atom stereocenters. The maximum atomic E-state index is 11.0. The highest BCUT2D eigenvalue weighted by Crippen LogP contribution is 2.25. The molecule has 2 atom stereocenters. The lowest BCUT2D eigenvalue weighted by Crippen LogP contribution is -2.37. The molecular weight excluding hydrogens is 224 g/mol. The Bertz CT molecular complexity index is 485. The number of carboxylic acids is 1. The molecule has 1 aromatic heterocycles. The van der Waals surface area contributed by atoms with E-state index in [1.807, 2.05) is 6.07 Å². The number of aliphatic hydroxyl groups excluding tert-OH is 1. The fourth-order valence-corrected chi connectivity index (χ4v) is 1.90. The van der Waals surface area contributed by atoms with Crippen LogP contribution < -0.4 is 4.90 Å². The van der Waals surface area contributed by atoms with Gasteiger partial charge in [0.15, 0.2) is 11.5 Å². The number of nitriles is 1. The van der Waals surface area contributed by atoms with Gasteiger partial charge in [-0.25, -0.2) is 14.8 Å². The van der Waals surface area contributed by atoms with Gasteiger partial charge in [-0.05, 0) is 0 Å². The second-order valence-electron chi connectivity index (χ2n) is 3.74. The standard InChI is InChI=1S/C10H10N4O3/c11-4-7-9(13-2-1-12-7)14-5-6(15)3-8(14)10(16)17/h1-2,6,8,15H,3,5H2,(H,16,17). The molecule has 1 aliphatic rings. The van der Waals surface area contributed by atoms with E-state index < -0.39 is 18.1 Å². The lowest BCUT2D eigenvalue weighted by Gasteiger charge is -2.22. The number of nitrogens with zero attached hydrogens (tertiary/aromatic N) is 4. The van der Waals surface area contributed by atoms with Crippen molar-refractivity contribution in [3.63, 3.8) is 0 Å². The third kappa shape index (κ3) is 2.03. The smallest absolute Gasteiger partial charge is 0.326 e. The first kappa shape index (κ1) is 11.3. The number of β-amino-alcohol motifs (C(OH)–C–C–N with tert-alkyl or cyclic N) is 1. The Morgan fingerprint density at radius 1 is 1.53 bits per heavy atom. The van der Waals surface area contributed by atoms with Crippen molar-refractivity contribution >= 4 is 11.8 Å². The quantitative estimate of drug-likeness (QED) is 0.701. The van der Waals surface area contributed by atoms with Crippen LogP contribution in [0.1, 0.15) is 12.1 Å². The number of carbonyl (C=O) groups is 1. The normalized spacial score (nSPS) is 23.4. The van der Waals surface area contributed by atoms with Crippen molar-refractivity contribution in [2.24, 2.45) is 0 Å². The zero-order chi connectivity index (χ0) is 12.4. The second-order valence-corrected chi connectivity index (χ2v) is 3.74. The minimum atomic E-state index is -1.05. The van der Waals surface area contributed by atoms with Crippen LogP contribution in [0.15, 0.2) is 12.4 Å². The maximum absolute atomic E-state index is 11.0. The topological polar surface area (TPSA) is 110 Å². The number of rotatable bonds is 2. The van der Waals surface area contributed by atoms with Gasteiger partial charge in [0, 0.05) is 25.4 Å². The Labute approximate surface area is 97.0 Å². The summed E-state index contributed by atoms with van der Waals surface area (Å²) in [5, 5.41) is 27.4. The Morgan fingerprint density at radius 3 is 2.88 bits per heavy atom. The third-order valence-corrected chi connectivity index (χ3v) is 2.62. The molecule has 7 nitrogen and oxygen atoms in total. The van der Waals surface area contributed by atoms with Crippen LogP contribution in [0.3, 0.4) is 0 Å². The molecule has 17 heavy (non-hydrogen) atoms. The monoisotopic (exact) mass is 234 g/mol. The molecule has 1 saturated heterocycles. The Balaban J connectivity index is 2.39. The van der Waals surface area contributed by atoms with Crippen LogP contribution >= 0.6 is 0 Å². The Morgan fingerprint density at radius 2 is 2.24 bits per heavy atom. The predicted octanol–water partition coefficient (Wildman–Crippen LogP) is -0.628. The average molecular weight is 234 g/mol. The second kappa shape index (κ2) is 4.35. The fraction of sp³-hybridized carbons (Fsp3) is 0.400. The summed E-state index contributed by atoms with van der Waals surface area (Å²) >= 11 is 0. The van der Waals surface area contributed by atoms with Gasteiger partial charge >= 0.3 is 5.97 Å². The third-order valence-electron chi connectivity index (χ3n) is 2.62. The van der Waals surface area contributed by atoms with Crippen molar-refractivity contribution in [3.05, 3.63) is 18.1 Å². The summed E-state index contributed by atoms with van der Waals surface area (Å²) in [4.78, 5) is 20.2. The van der Waals surface area contributed by atoms with Crippen molar-refractivity contribution in [1.29, 1.82) is 5.26 Å². The highest BCUT2D eigenvalue weighted by molar-refractivity contribution is 5.79. The Kier molecular flexibility index (Phi) is 2.89. The highest BCUT2D eigenvalue weighted by Gasteiger charge is 2.37. The molecule has 0 bridgehead atoms. The molecule has 0 radical (unpaired) electrons. The molecule has 88 valence electrons. The molecule has 0 aromatic carbocycles. The summed E-state index contributed by atoms with van der Waals surface area (Å²) in [5.74, 6) is -0.838. The van der Waals surface area contributed by atoms with E-state index in [1.54, 1.807) is 0 Å². The van der Waals surface area contributed by atoms with E-state index in [4.69, 9.17) is 10.4 Å². The SMILES string of the molecule is N#Cc1nccnc1N1CC(O)CC1C(=O)O. The number of aromatic nitrogens is 2. The largest absolute Gasteiger partial charge is 0.480 e. The van der Waals surface area contributed by atoms with Crippen LogP contribution in [0.4, 0.5) is 5.82 Å². The number of carboxylic acid groups (broad SMARTS) is 1.